The van der Waals surface area contributed by atoms with Crippen LogP contribution in [0.15, 0.2) is 128 Å². The molecule has 81 heavy (non-hydrogen) atoms. The van der Waals surface area contributed by atoms with Crippen LogP contribution in [0.5, 0.6) is 0 Å². The summed E-state index contributed by atoms with van der Waals surface area (Å²) in [7, 11) is 6.67. The quantitative estimate of drug-likeness (QED) is 0.118. The molecule has 10 rings (SSSR count). The average Bonchev–Trinajstić information content (AvgIpc) is 2.15. The second-order valence-corrected chi connectivity index (χ2v) is 25.1. The molecular formula is C58H64Cl4N10O7S2. The van der Waals surface area contributed by atoms with Crippen LogP contribution in [-0.2, 0) is 39.8 Å². The maximum absolute atomic E-state index is 14.2. The van der Waals surface area contributed by atoms with E-state index < -0.39 is 23.1 Å². The first kappa shape index (κ1) is 61.0. The number of aliphatic carboxylic acids is 1. The molecule has 17 nitrogen and oxygen atoms in total. The number of nitrogens with zero attached hydrogens (tertiary/aromatic N) is 7. The van der Waals surface area contributed by atoms with Crippen molar-refractivity contribution < 1.29 is 33.9 Å². The summed E-state index contributed by atoms with van der Waals surface area (Å²) in [5.41, 5.74) is 4.33. The van der Waals surface area contributed by atoms with Gasteiger partial charge in [-0.2, -0.15) is 0 Å². The maximum Gasteiger partial charge on any atom is 0.344 e. The number of aliphatic imine (C=N–C) groups is 2. The van der Waals surface area contributed by atoms with Crippen LogP contribution >= 0.6 is 69.9 Å². The zero-order valence-corrected chi connectivity index (χ0v) is 51.0. The van der Waals surface area contributed by atoms with Crippen molar-refractivity contribution in [2.75, 3.05) is 54.4 Å². The molecule has 4 N–H and O–H groups in total. The summed E-state index contributed by atoms with van der Waals surface area (Å²) in [6, 6.07) is 29.2. The Hall–Kier alpha value is -6.06. The Balaban J connectivity index is 0.000000182. The highest BCUT2D eigenvalue weighted by molar-refractivity contribution is 8.18. The van der Waals surface area contributed by atoms with Gasteiger partial charge >= 0.3 is 5.97 Å². The van der Waals surface area contributed by atoms with Gasteiger partial charge in [0.1, 0.15) is 39.5 Å². The van der Waals surface area contributed by atoms with E-state index in [9.17, 15) is 33.9 Å². The predicted molar refractivity (Wildman–Crippen MR) is 322 cm³/mol. The Bertz CT molecular complexity index is 3240. The number of hydrogen-bond acceptors (Lipinski definition) is 13. The lowest BCUT2D eigenvalue weighted by Gasteiger charge is -2.38. The van der Waals surface area contributed by atoms with Gasteiger partial charge in [0.15, 0.2) is 10.3 Å². The Morgan fingerprint density at radius 1 is 0.605 bits per heavy atom. The number of piperazine rings is 2. The molecule has 0 spiro atoms. The molecule has 4 aromatic rings. The van der Waals surface area contributed by atoms with Crippen molar-refractivity contribution >= 4 is 116 Å². The second-order valence-electron chi connectivity index (χ2n) is 21.4. The molecule has 6 heterocycles. The summed E-state index contributed by atoms with van der Waals surface area (Å²) in [6.07, 6.45) is 0. The van der Waals surface area contributed by atoms with Gasteiger partial charge in [0.25, 0.3) is 5.91 Å². The molecule has 23 heteroatoms. The van der Waals surface area contributed by atoms with E-state index in [2.05, 4.69) is 39.6 Å². The number of halogens is 4. The van der Waals surface area contributed by atoms with Gasteiger partial charge in [0, 0.05) is 72.8 Å². The van der Waals surface area contributed by atoms with Crippen molar-refractivity contribution in [3.8, 4) is 0 Å². The normalized spacial score (nSPS) is 23.9. The van der Waals surface area contributed by atoms with Crippen LogP contribution in [0.4, 0.5) is 0 Å². The van der Waals surface area contributed by atoms with E-state index in [-0.39, 0.29) is 79.1 Å². The lowest BCUT2D eigenvalue weighted by atomic mass is 9.81. The molecule has 2 saturated heterocycles. The molecule has 6 aliphatic heterocycles. The van der Waals surface area contributed by atoms with E-state index in [1.165, 1.54) is 38.2 Å². The summed E-state index contributed by atoms with van der Waals surface area (Å²) in [4.78, 5) is 93.1. The third kappa shape index (κ3) is 12.5. The average molecular weight is 1220 g/mol. The van der Waals surface area contributed by atoms with E-state index in [1.807, 2.05) is 125 Å². The number of nitrogens with one attached hydrogen (secondary N) is 3. The minimum atomic E-state index is -0.918. The molecule has 0 unspecified atom stereocenters. The molecule has 6 atom stereocenters. The van der Waals surface area contributed by atoms with Gasteiger partial charge in [-0.25, -0.2) is 14.8 Å². The fourth-order valence-electron chi connectivity index (χ4n) is 10.7. The molecule has 6 aliphatic rings. The molecule has 428 valence electrons. The maximum atomic E-state index is 14.2. The third-order valence-corrected chi connectivity index (χ3v) is 17.8. The number of amidine groups is 2. The zero-order chi connectivity index (χ0) is 59.0. The largest absolute Gasteiger partial charge is 0.477 e. The molecule has 2 fully saturated rings. The van der Waals surface area contributed by atoms with Crippen LogP contribution in [0.1, 0.15) is 75.9 Å². The molecule has 5 amide bonds. The Morgan fingerprint density at radius 2 is 1.00 bits per heavy atom. The van der Waals surface area contributed by atoms with Crippen LogP contribution in [-0.4, -0.2) is 142 Å². The van der Waals surface area contributed by atoms with E-state index in [1.54, 1.807) is 28.2 Å². The Morgan fingerprint density at radius 3 is 1.38 bits per heavy atom. The standard InChI is InChI=1S/C29H31Cl2N5O3S.C22H20Cl2N2O2S.C7H13N3O2/c1-16(2)23-24(27(39)35-15-22(37)32-14-21(35)26(38)34(4)5)40-28-33-29(3,18-8-12-20(31)13-9-18)25(36(23)28)17-6-10-19(30)11-7-17;1-12(2)17-18(20(27)28)29-21-25-22(3,14-6-10-16(24)11-7-14)19(26(17)21)13-4-8-15(23)9-5-13;1-10(2)7(12)5-3-9-6(11)4-8-5/h6-13,16,21,25H,14-15H2,1-5H3,(H,32,37);4-12,19H,1-3H3,(H,27,28);5,8H,3-4H2,1-2H3,(H,9,11)/t21-,25+,29-;19-,22+;5-/m010/s1. The van der Waals surface area contributed by atoms with Crippen LogP contribution in [0.2, 0.25) is 20.1 Å². The summed E-state index contributed by atoms with van der Waals surface area (Å²) >= 11 is 27.2. The van der Waals surface area contributed by atoms with E-state index >= 15 is 0 Å². The molecule has 0 aromatic heterocycles. The minimum Gasteiger partial charge on any atom is -0.477 e. The zero-order valence-electron chi connectivity index (χ0n) is 46.4. The fourth-order valence-corrected chi connectivity index (χ4v) is 13.8. The second kappa shape index (κ2) is 24.8. The summed E-state index contributed by atoms with van der Waals surface area (Å²) in [5, 5.41) is 21.9. The molecule has 4 aromatic carbocycles. The first-order valence-electron chi connectivity index (χ1n) is 26.1. The van der Waals surface area contributed by atoms with Crippen molar-refractivity contribution in [1.82, 2.24) is 40.4 Å². The first-order chi connectivity index (χ1) is 38.2. The molecular weight excluding hydrogens is 1150 g/mol. The van der Waals surface area contributed by atoms with Crippen LogP contribution in [0, 0.1) is 11.8 Å². The van der Waals surface area contributed by atoms with Gasteiger partial charge in [0.2, 0.25) is 23.6 Å². The minimum absolute atomic E-state index is 0.00463. The number of amides is 5. The third-order valence-electron chi connectivity index (χ3n) is 14.7. The van der Waals surface area contributed by atoms with Crippen molar-refractivity contribution in [2.45, 2.75) is 76.8 Å². The monoisotopic (exact) mass is 1220 g/mol. The van der Waals surface area contributed by atoms with Gasteiger partial charge in [0.05, 0.1) is 18.6 Å². The number of rotatable bonds is 10. The highest BCUT2D eigenvalue weighted by Crippen LogP contribution is 2.58. The van der Waals surface area contributed by atoms with Gasteiger partial charge in [-0.05, 0) is 120 Å². The number of allylic oxidation sites excluding steroid dienone is 2. The number of carbonyl (C=O) groups is 6. The van der Waals surface area contributed by atoms with E-state index in [4.69, 9.17) is 56.4 Å². The molecule has 0 bridgehead atoms. The van der Waals surface area contributed by atoms with Crippen molar-refractivity contribution in [3.63, 3.8) is 0 Å². The summed E-state index contributed by atoms with van der Waals surface area (Å²) in [5.74, 6) is -1.88. The topological polar surface area (TPSA) is 200 Å². The van der Waals surface area contributed by atoms with Crippen LogP contribution in [0.3, 0.4) is 0 Å². The fraction of sp³-hybridized carbons (Fsp3) is 0.379. The molecule has 0 saturated carbocycles. The van der Waals surface area contributed by atoms with E-state index in [0.29, 0.717) is 46.8 Å². The smallest absolute Gasteiger partial charge is 0.344 e. The summed E-state index contributed by atoms with van der Waals surface area (Å²) < 4.78 is 0. The number of hydrogen-bond donors (Lipinski definition) is 4. The number of fused-ring (bicyclic) bond motifs is 2. The number of benzene rings is 4. The first-order valence-corrected chi connectivity index (χ1v) is 29.3. The van der Waals surface area contributed by atoms with Gasteiger partial charge < -0.3 is 40.2 Å². The van der Waals surface area contributed by atoms with Crippen molar-refractivity contribution in [3.05, 3.63) is 161 Å². The number of thioether (sulfide) groups is 2. The van der Waals surface area contributed by atoms with Gasteiger partial charge in [-0.1, -0.05) is 123 Å². The number of carboxylic acids is 1. The predicted octanol–water partition coefficient (Wildman–Crippen LogP) is 9.13. The van der Waals surface area contributed by atoms with Crippen molar-refractivity contribution in [2.24, 2.45) is 21.8 Å². The Kier molecular flexibility index (Phi) is 18.7. The molecule has 0 aliphatic carbocycles. The highest BCUT2D eigenvalue weighted by Gasteiger charge is 2.55. The van der Waals surface area contributed by atoms with Crippen molar-refractivity contribution in [1.29, 1.82) is 0 Å². The SMILES string of the molecule is CC(C)C1=C(C(=O)N2CC(=O)NC[C@H]2C(=O)N(C)C)SC2=N[C@@](C)(c3ccc(Cl)cc3)[C@@H](c3ccc(Cl)cc3)N21.CC(C)C1=C(C(=O)O)SC2=N[C@@](C)(c3ccc(Cl)cc3)[C@@H](c3ccc(Cl)cc3)N21.CN(C)C(=O)[C@@H]1CNC(=O)CN1. The van der Waals surface area contributed by atoms with E-state index in [0.717, 1.165) is 33.6 Å². The Labute approximate surface area is 500 Å². The lowest BCUT2D eigenvalue weighted by Crippen LogP contribution is -2.61. The molecule has 0 radical (unpaired) electrons. The highest BCUT2D eigenvalue weighted by atomic mass is 35.5. The van der Waals surface area contributed by atoms with Gasteiger partial charge in [-0.15, -0.1) is 0 Å². The number of carboxylic acid groups (broad SMARTS) is 1. The number of carbonyl (C=O) groups excluding carboxylic acids is 5. The van der Waals surface area contributed by atoms with Gasteiger partial charge in [-0.3, -0.25) is 29.3 Å². The number of likely N-dealkylation sites (N-methyl/N-ethyl adjacent to an activating group) is 2. The lowest BCUT2D eigenvalue weighted by molar-refractivity contribution is -0.147. The van der Waals surface area contributed by atoms with Crippen LogP contribution in [0.25, 0.3) is 0 Å². The van der Waals surface area contributed by atoms with Crippen LogP contribution < -0.4 is 16.0 Å². The summed E-state index contributed by atoms with van der Waals surface area (Å²) in [6.45, 7) is 12.8.